The molecule has 1 amide bonds. The Morgan fingerprint density at radius 1 is 1.13 bits per heavy atom. The summed E-state index contributed by atoms with van der Waals surface area (Å²) in [6, 6.07) is 4.19. The van der Waals surface area contributed by atoms with E-state index in [-0.39, 0.29) is 23.6 Å². The zero-order valence-electron chi connectivity index (χ0n) is 12.7. The minimum Gasteiger partial charge on any atom is -0.478 e. The van der Waals surface area contributed by atoms with Gasteiger partial charge < -0.3 is 14.4 Å². The predicted molar refractivity (Wildman–Crippen MR) is 82.5 cm³/mol. The van der Waals surface area contributed by atoms with Crippen molar-refractivity contribution in [2.45, 2.75) is 32.2 Å². The number of carbonyl (C=O) groups excluding carboxylic acids is 1. The number of fused-ring (bicyclic) bond motifs is 1. The van der Waals surface area contributed by atoms with E-state index in [1.807, 2.05) is 0 Å². The first-order valence-electron chi connectivity index (χ1n) is 7.71. The SMILES string of the molecule is O=C(O)c1ccc2c(c1)oc(=O)n2CC(=O)N1CCCCCC1. The number of carboxylic acid groups (broad SMARTS) is 1. The normalized spacial score (nSPS) is 15.6. The lowest BCUT2D eigenvalue weighted by molar-refractivity contribution is -0.131. The third-order valence-electron chi connectivity index (χ3n) is 4.17. The number of carbonyl (C=O) groups is 2. The van der Waals surface area contributed by atoms with E-state index in [0.717, 1.165) is 25.7 Å². The highest BCUT2D eigenvalue weighted by atomic mass is 16.4. The average molecular weight is 318 g/mol. The Morgan fingerprint density at radius 3 is 2.48 bits per heavy atom. The fraction of sp³-hybridized carbons (Fsp3) is 0.438. The number of amides is 1. The number of oxazole rings is 1. The van der Waals surface area contributed by atoms with Crippen LogP contribution in [0.15, 0.2) is 27.4 Å². The van der Waals surface area contributed by atoms with Crippen LogP contribution in [0.3, 0.4) is 0 Å². The first-order valence-corrected chi connectivity index (χ1v) is 7.71. The molecule has 2 heterocycles. The van der Waals surface area contributed by atoms with Crippen LogP contribution < -0.4 is 5.76 Å². The molecule has 1 aromatic heterocycles. The Bertz CT molecular complexity index is 796. The van der Waals surface area contributed by atoms with E-state index in [1.165, 1.54) is 22.8 Å². The molecule has 0 atom stereocenters. The maximum atomic E-state index is 12.4. The summed E-state index contributed by atoms with van der Waals surface area (Å²) in [4.78, 5) is 37.2. The van der Waals surface area contributed by atoms with Crippen LogP contribution in [-0.2, 0) is 11.3 Å². The topological polar surface area (TPSA) is 92.7 Å². The van der Waals surface area contributed by atoms with Crippen molar-refractivity contribution in [2.24, 2.45) is 0 Å². The molecule has 2 aromatic rings. The van der Waals surface area contributed by atoms with Gasteiger partial charge in [-0.2, -0.15) is 0 Å². The Kier molecular flexibility index (Phi) is 4.18. The molecule has 1 fully saturated rings. The number of carboxylic acids is 1. The molecular formula is C16H18N2O5. The van der Waals surface area contributed by atoms with E-state index < -0.39 is 11.7 Å². The van der Waals surface area contributed by atoms with Crippen LogP contribution in [0, 0.1) is 0 Å². The van der Waals surface area contributed by atoms with Crippen LogP contribution >= 0.6 is 0 Å². The lowest BCUT2D eigenvalue weighted by Gasteiger charge is -2.20. The quantitative estimate of drug-likeness (QED) is 0.929. The third kappa shape index (κ3) is 3.13. The molecule has 1 aliphatic rings. The number of hydrogen-bond acceptors (Lipinski definition) is 4. The smallest absolute Gasteiger partial charge is 0.420 e. The maximum Gasteiger partial charge on any atom is 0.420 e. The predicted octanol–water partition coefficient (Wildman–Crippen LogP) is 1.70. The van der Waals surface area contributed by atoms with Gasteiger partial charge in [0.25, 0.3) is 0 Å². The number of aromatic carboxylic acids is 1. The minimum atomic E-state index is -1.09. The number of benzene rings is 1. The largest absolute Gasteiger partial charge is 0.478 e. The van der Waals surface area contributed by atoms with Crippen molar-refractivity contribution in [1.29, 1.82) is 0 Å². The van der Waals surface area contributed by atoms with Gasteiger partial charge in [-0.05, 0) is 31.0 Å². The molecule has 0 aliphatic carbocycles. The van der Waals surface area contributed by atoms with Gasteiger partial charge >= 0.3 is 11.7 Å². The van der Waals surface area contributed by atoms with E-state index in [0.29, 0.717) is 18.6 Å². The molecular weight excluding hydrogens is 300 g/mol. The van der Waals surface area contributed by atoms with Gasteiger partial charge in [-0.25, -0.2) is 9.59 Å². The van der Waals surface area contributed by atoms with Crippen LogP contribution in [0.1, 0.15) is 36.0 Å². The third-order valence-corrected chi connectivity index (χ3v) is 4.17. The molecule has 0 unspecified atom stereocenters. The molecule has 7 heteroatoms. The summed E-state index contributed by atoms with van der Waals surface area (Å²) in [5, 5.41) is 8.98. The van der Waals surface area contributed by atoms with Crippen molar-refractivity contribution in [3.05, 3.63) is 34.3 Å². The second-order valence-electron chi connectivity index (χ2n) is 5.74. The molecule has 1 N–H and O–H groups in total. The fourth-order valence-electron chi connectivity index (χ4n) is 2.90. The van der Waals surface area contributed by atoms with Gasteiger partial charge in [0.05, 0.1) is 11.1 Å². The Morgan fingerprint density at radius 2 is 1.83 bits per heavy atom. The number of hydrogen-bond donors (Lipinski definition) is 1. The first-order chi connectivity index (χ1) is 11.1. The van der Waals surface area contributed by atoms with E-state index >= 15 is 0 Å². The molecule has 3 rings (SSSR count). The van der Waals surface area contributed by atoms with Crippen LogP contribution in [0.4, 0.5) is 0 Å². The Labute approximate surface area is 132 Å². The first kappa shape index (κ1) is 15.3. The van der Waals surface area contributed by atoms with Crippen molar-refractivity contribution < 1.29 is 19.1 Å². The van der Waals surface area contributed by atoms with Gasteiger partial charge in [0.1, 0.15) is 6.54 Å². The van der Waals surface area contributed by atoms with Gasteiger partial charge in [-0.3, -0.25) is 9.36 Å². The molecule has 1 saturated heterocycles. The molecule has 0 saturated carbocycles. The zero-order chi connectivity index (χ0) is 16.4. The van der Waals surface area contributed by atoms with Crippen LogP contribution in [0.2, 0.25) is 0 Å². The molecule has 122 valence electrons. The summed E-state index contributed by atoms with van der Waals surface area (Å²) in [5.41, 5.74) is 0.652. The highest BCUT2D eigenvalue weighted by Crippen LogP contribution is 2.16. The van der Waals surface area contributed by atoms with Crippen molar-refractivity contribution in [1.82, 2.24) is 9.47 Å². The highest BCUT2D eigenvalue weighted by Gasteiger charge is 2.19. The second-order valence-corrected chi connectivity index (χ2v) is 5.74. The molecule has 1 aromatic carbocycles. The van der Waals surface area contributed by atoms with Crippen molar-refractivity contribution in [3.8, 4) is 0 Å². The van der Waals surface area contributed by atoms with Crippen molar-refractivity contribution in [2.75, 3.05) is 13.1 Å². The van der Waals surface area contributed by atoms with Gasteiger partial charge in [-0.1, -0.05) is 12.8 Å². The lowest BCUT2D eigenvalue weighted by Crippen LogP contribution is -2.36. The summed E-state index contributed by atoms with van der Waals surface area (Å²) < 4.78 is 6.33. The number of aromatic nitrogens is 1. The van der Waals surface area contributed by atoms with Crippen molar-refractivity contribution in [3.63, 3.8) is 0 Å². The number of rotatable bonds is 3. The standard InChI is InChI=1S/C16H18N2O5/c19-14(17-7-3-1-2-4-8-17)10-18-12-6-5-11(15(20)21)9-13(12)23-16(18)22/h5-6,9H,1-4,7-8,10H2,(H,20,21). The molecule has 0 radical (unpaired) electrons. The summed E-state index contributed by atoms with van der Waals surface area (Å²) >= 11 is 0. The van der Waals surface area contributed by atoms with Crippen LogP contribution in [-0.4, -0.2) is 39.5 Å². The van der Waals surface area contributed by atoms with Gasteiger partial charge in [-0.15, -0.1) is 0 Å². The molecule has 0 bridgehead atoms. The number of nitrogens with zero attached hydrogens (tertiary/aromatic N) is 2. The average Bonchev–Trinajstić information content (AvgIpc) is 2.72. The highest BCUT2D eigenvalue weighted by molar-refractivity contribution is 5.92. The van der Waals surface area contributed by atoms with E-state index in [1.54, 1.807) is 4.90 Å². The Balaban J connectivity index is 1.87. The maximum absolute atomic E-state index is 12.4. The summed E-state index contributed by atoms with van der Waals surface area (Å²) in [5.74, 6) is -1.85. The zero-order valence-corrected chi connectivity index (χ0v) is 12.7. The van der Waals surface area contributed by atoms with Gasteiger partial charge in [0.15, 0.2) is 5.58 Å². The minimum absolute atomic E-state index is 0.0391. The molecule has 7 nitrogen and oxygen atoms in total. The lowest BCUT2D eigenvalue weighted by atomic mass is 10.2. The summed E-state index contributed by atoms with van der Waals surface area (Å²) in [6.45, 7) is 1.34. The van der Waals surface area contributed by atoms with Gasteiger partial charge in [0, 0.05) is 13.1 Å². The fourth-order valence-corrected chi connectivity index (χ4v) is 2.90. The van der Waals surface area contributed by atoms with E-state index in [2.05, 4.69) is 0 Å². The van der Waals surface area contributed by atoms with Crippen LogP contribution in [0.25, 0.3) is 11.1 Å². The summed E-state index contributed by atoms with van der Waals surface area (Å²) in [7, 11) is 0. The Hall–Kier alpha value is -2.57. The van der Waals surface area contributed by atoms with Crippen molar-refractivity contribution >= 4 is 23.0 Å². The van der Waals surface area contributed by atoms with E-state index in [4.69, 9.17) is 9.52 Å². The number of likely N-dealkylation sites (tertiary alicyclic amines) is 1. The molecule has 0 spiro atoms. The second kappa shape index (κ2) is 6.28. The van der Waals surface area contributed by atoms with E-state index in [9.17, 15) is 14.4 Å². The monoisotopic (exact) mass is 318 g/mol. The summed E-state index contributed by atoms with van der Waals surface area (Å²) in [6.07, 6.45) is 4.20. The molecule has 23 heavy (non-hydrogen) atoms. The van der Waals surface area contributed by atoms with Gasteiger partial charge in [0.2, 0.25) is 5.91 Å². The molecule has 1 aliphatic heterocycles. The van der Waals surface area contributed by atoms with Crippen LogP contribution in [0.5, 0.6) is 0 Å².